The summed E-state index contributed by atoms with van der Waals surface area (Å²) in [5.41, 5.74) is 0. The zero-order valence-corrected chi connectivity index (χ0v) is 11.5. The van der Waals surface area contributed by atoms with E-state index >= 15 is 0 Å². The number of aryl methyl sites for hydroxylation is 1. The van der Waals surface area contributed by atoms with E-state index in [9.17, 15) is 4.79 Å². The molecule has 1 fully saturated rings. The van der Waals surface area contributed by atoms with E-state index in [2.05, 4.69) is 34.5 Å². The average molecular weight is 277 g/mol. The standard InChI is InChI=1S/C13H15N3O2S/c1-8-2-4-10(19-8)6-11-15-13(18-16-11)9-3-5-12(17)14-7-9/h2,4,9H,3,5-7H2,1H3,(H,14,17). The van der Waals surface area contributed by atoms with Gasteiger partial charge in [-0.05, 0) is 25.5 Å². The zero-order valence-electron chi connectivity index (χ0n) is 10.7. The lowest BCUT2D eigenvalue weighted by Crippen LogP contribution is -2.33. The van der Waals surface area contributed by atoms with Crippen molar-refractivity contribution in [3.8, 4) is 0 Å². The molecule has 1 aliphatic heterocycles. The molecule has 0 bridgehead atoms. The summed E-state index contributed by atoms with van der Waals surface area (Å²) in [6.07, 6.45) is 2.03. The molecule has 0 spiro atoms. The summed E-state index contributed by atoms with van der Waals surface area (Å²) in [7, 11) is 0. The normalized spacial score (nSPS) is 19.4. The van der Waals surface area contributed by atoms with Gasteiger partial charge in [0.1, 0.15) is 0 Å². The van der Waals surface area contributed by atoms with Crippen LogP contribution in [-0.4, -0.2) is 22.6 Å². The van der Waals surface area contributed by atoms with Crippen LogP contribution >= 0.6 is 11.3 Å². The minimum atomic E-state index is 0.102. The number of thiophene rings is 1. The highest BCUT2D eigenvalue weighted by molar-refractivity contribution is 7.11. The van der Waals surface area contributed by atoms with Gasteiger partial charge in [-0.15, -0.1) is 11.3 Å². The third-order valence-corrected chi connectivity index (χ3v) is 4.23. The van der Waals surface area contributed by atoms with Crippen LogP contribution in [-0.2, 0) is 11.2 Å². The number of rotatable bonds is 3. The molecular weight excluding hydrogens is 262 g/mol. The van der Waals surface area contributed by atoms with Gasteiger partial charge < -0.3 is 9.84 Å². The van der Waals surface area contributed by atoms with Crippen LogP contribution in [0.3, 0.4) is 0 Å². The van der Waals surface area contributed by atoms with Crippen molar-refractivity contribution >= 4 is 17.2 Å². The second-order valence-electron chi connectivity index (χ2n) is 4.78. The highest BCUT2D eigenvalue weighted by Crippen LogP contribution is 2.23. The van der Waals surface area contributed by atoms with E-state index in [1.807, 2.05) is 0 Å². The minimum Gasteiger partial charge on any atom is -0.355 e. The first-order valence-electron chi connectivity index (χ1n) is 6.35. The Morgan fingerprint density at radius 2 is 2.42 bits per heavy atom. The number of carbonyl (C=O) groups excluding carboxylic acids is 1. The van der Waals surface area contributed by atoms with Crippen molar-refractivity contribution in [3.05, 3.63) is 33.6 Å². The number of aromatic nitrogens is 2. The molecular formula is C13H15N3O2S. The van der Waals surface area contributed by atoms with Gasteiger partial charge in [0.15, 0.2) is 5.82 Å². The van der Waals surface area contributed by atoms with Gasteiger partial charge in [-0.2, -0.15) is 4.98 Å². The van der Waals surface area contributed by atoms with E-state index in [-0.39, 0.29) is 11.8 Å². The second kappa shape index (κ2) is 5.13. The Morgan fingerprint density at radius 1 is 1.53 bits per heavy atom. The van der Waals surface area contributed by atoms with E-state index in [1.165, 1.54) is 9.75 Å². The maximum atomic E-state index is 11.1. The van der Waals surface area contributed by atoms with E-state index in [1.54, 1.807) is 11.3 Å². The summed E-state index contributed by atoms with van der Waals surface area (Å²) >= 11 is 1.75. The molecule has 1 N–H and O–H groups in total. The van der Waals surface area contributed by atoms with E-state index in [4.69, 9.17) is 4.52 Å². The molecule has 5 nitrogen and oxygen atoms in total. The highest BCUT2D eigenvalue weighted by atomic mass is 32.1. The van der Waals surface area contributed by atoms with Gasteiger partial charge in [0.05, 0.1) is 5.92 Å². The molecule has 1 saturated heterocycles. The van der Waals surface area contributed by atoms with Crippen LogP contribution in [0.4, 0.5) is 0 Å². The fourth-order valence-electron chi connectivity index (χ4n) is 2.18. The highest BCUT2D eigenvalue weighted by Gasteiger charge is 2.24. The average Bonchev–Trinajstić information content (AvgIpc) is 3.00. The molecule has 1 unspecified atom stereocenters. The fraction of sp³-hybridized carbons (Fsp3) is 0.462. The first-order valence-corrected chi connectivity index (χ1v) is 7.17. The largest absolute Gasteiger partial charge is 0.355 e. The summed E-state index contributed by atoms with van der Waals surface area (Å²) in [5, 5.41) is 6.85. The van der Waals surface area contributed by atoms with Crippen LogP contribution in [0.2, 0.25) is 0 Å². The van der Waals surface area contributed by atoms with Crippen molar-refractivity contribution in [1.29, 1.82) is 0 Å². The number of nitrogens with one attached hydrogen (secondary N) is 1. The number of nitrogens with zero attached hydrogens (tertiary/aromatic N) is 2. The van der Waals surface area contributed by atoms with Crippen LogP contribution in [0, 0.1) is 6.92 Å². The Hall–Kier alpha value is -1.69. The summed E-state index contributed by atoms with van der Waals surface area (Å²) in [6, 6.07) is 4.19. The Kier molecular flexibility index (Phi) is 3.33. The summed E-state index contributed by atoms with van der Waals surface area (Å²) < 4.78 is 5.31. The van der Waals surface area contributed by atoms with E-state index < -0.39 is 0 Å². The lowest BCUT2D eigenvalue weighted by molar-refractivity contribution is -0.122. The van der Waals surface area contributed by atoms with Crippen molar-refractivity contribution in [2.75, 3.05) is 6.54 Å². The van der Waals surface area contributed by atoms with Crippen LogP contribution in [0.25, 0.3) is 0 Å². The van der Waals surface area contributed by atoms with Gasteiger partial charge in [0.2, 0.25) is 11.8 Å². The van der Waals surface area contributed by atoms with Gasteiger partial charge in [-0.1, -0.05) is 5.16 Å². The van der Waals surface area contributed by atoms with Crippen molar-refractivity contribution < 1.29 is 9.32 Å². The summed E-state index contributed by atoms with van der Waals surface area (Å²) in [5.74, 6) is 1.62. The molecule has 0 radical (unpaired) electrons. The Balaban J connectivity index is 1.67. The van der Waals surface area contributed by atoms with Gasteiger partial charge in [-0.3, -0.25) is 4.79 Å². The molecule has 0 aliphatic carbocycles. The molecule has 3 rings (SSSR count). The first-order chi connectivity index (χ1) is 9.20. The summed E-state index contributed by atoms with van der Waals surface area (Å²) in [6.45, 7) is 2.68. The SMILES string of the molecule is Cc1ccc(Cc2noc(C3CCC(=O)NC3)n2)s1. The first kappa shape index (κ1) is 12.3. The van der Waals surface area contributed by atoms with Crippen LogP contribution < -0.4 is 5.32 Å². The second-order valence-corrected chi connectivity index (χ2v) is 6.15. The lowest BCUT2D eigenvalue weighted by atomic mass is 9.99. The molecule has 1 amide bonds. The number of hydrogen-bond acceptors (Lipinski definition) is 5. The van der Waals surface area contributed by atoms with Crippen molar-refractivity contribution in [3.63, 3.8) is 0 Å². The quantitative estimate of drug-likeness (QED) is 0.932. The number of carbonyl (C=O) groups is 1. The molecule has 0 aromatic carbocycles. The molecule has 2 aromatic heterocycles. The molecule has 2 aromatic rings. The van der Waals surface area contributed by atoms with Gasteiger partial charge in [0.25, 0.3) is 0 Å². The lowest BCUT2D eigenvalue weighted by Gasteiger charge is -2.18. The fourth-order valence-corrected chi connectivity index (χ4v) is 3.07. The van der Waals surface area contributed by atoms with Crippen LogP contribution in [0.1, 0.15) is 40.2 Å². The summed E-state index contributed by atoms with van der Waals surface area (Å²) in [4.78, 5) is 18.1. The monoisotopic (exact) mass is 277 g/mol. The van der Waals surface area contributed by atoms with Crippen molar-refractivity contribution in [2.45, 2.75) is 32.1 Å². The molecule has 1 aliphatic rings. The Labute approximate surface area is 115 Å². The molecule has 6 heteroatoms. The molecule has 1 atom stereocenters. The Morgan fingerprint density at radius 3 is 3.11 bits per heavy atom. The maximum absolute atomic E-state index is 11.1. The molecule has 0 saturated carbocycles. The van der Waals surface area contributed by atoms with Gasteiger partial charge in [0, 0.05) is 29.1 Å². The van der Waals surface area contributed by atoms with Gasteiger partial charge >= 0.3 is 0 Å². The molecule has 19 heavy (non-hydrogen) atoms. The smallest absolute Gasteiger partial charge is 0.231 e. The molecule has 3 heterocycles. The number of amides is 1. The molecule has 100 valence electrons. The number of piperidine rings is 1. The third kappa shape index (κ3) is 2.84. The van der Waals surface area contributed by atoms with Gasteiger partial charge in [-0.25, -0.2) is 0 Å². The Bertz CT molecular complexity index is 580. The van der Waals surface area contributed by atoms with Crippen molar-refractivity contribution in [2.24, 2.45) is 0 Å². The van der Waals surface area contributed by atoms with Crippen molar-refractivity contribution in [1.82, 2.24) is 15.5 Å². The maximum Gasteiger partial charge on any atom is 0.231 e. The zero-order chi connectivity index (χ0) is 13.2. The van der Waals surface area contributed by atoms with E-state index in [0.29, 0.717) is 31.1 Å². The van der Waals surface area contributed by atoms with Crippen LogP contribution in [0.15, 0.2) is 16.7 Å². The predicted molar refractivity (Wildman–Crippen MR) is 71.1 cm³/mol. The predicted octanol–water partition coefficient (Wildman–Crippen LogP) is 2.02. The van der Waals surface area contributed by atoms with Crippen LogP contribution in [0.5, 0.6) is 0 Å². The van der Waals surface area contributed by atoms with E-state index in [0.717, 1.165) is 6.42 Å². The number of hydrogen-bond donors (Lipinski definition) is 1. The third-order valence-electron chi connectivity index (χ3n) is 3.23. The minimum absolute atomic E-state index is 0.102. The topological polar surface area (TPSA) is 68.0 Å².